The Morgan fingerprint density at radius 3 is 2.88 bits per heavy atom. The van der Waals surface area contributed by atoms with Crippen LogP contribution >= 0.6 is 35.0 Å². The number of hydrogen-bond donors (Lipinski definition) is 0. The van der Waals surface area contributed by atoms with Gasteiger partial charge in [-0.25, -0.2) is 4.98 Å². The minimum atomic E-state index is 0.324. The average molecular weight is 291 g/mol. The molecule has 0 unspecified atom stereocenters. The van der Waals surface area contributed by atoms with E-state index in [4.69, 9.17) is 23.2 Å². The van der Waals surface area contributed by atoms with Crippen molar-refractivity contribution in [3.63, 3.8) is 0 Å². The molecule has 0 N–H and O–H groups in total. The predicted molar refractivity (Wildman–Crippen MR) is 76.1 cm³/mol. The summed E-state index contributed by atoms with van der Waals surface area (Å²) in [6.07, 6.45) is 1.78. The van der Waals surface area contributed by atoms with Crippen molar-refractivity contribution in [2.45, 2.75) is 25.1 Å². The fraction of sp³-hybridized carbons (Fsp3) is 0.583. The lowest BCUT2D eigenvalue weighted by atomic mass is 10.1. The van der Waals surface area contributed by atoms with Gasteiger partial charge < -0.3 is 0 Å². The summed E-state index contributed by atoms with van der Waals surface area (Å²) in [6.45, 7) is 7.60. The molecule has 0 saturated carbocycles. The molecule has 0 atom stereocenters. The van der Waals surface area contributed by atoms with E-state index in [0.717, 1.165) is 25.2 Å². The number of pyridine rings is 1. The summed E-state index contributed by atoms with van der Waals surface area (Å²) in [4.78, 5) is 6.51. The average Bonchev–Trinajstić information content (AvgIpc) is 2.21. The fourth-order valence-electron chi connectivity index (χ4n) is 2.04. The Hall–Kier alpha value is 0.0400. The molecule has 1 aliphatic heterocycles. The Labute approximate surface area is 117 Å². The van der Waals surface area contributed by atoms with Gasteiger partial charge in [0.2, 0.25) is 0 Å². The zero-order valence-corrected chi connectivity index (χ0v) is 12.4. The number of halogens is 2. The highest BCUT2D eigenvalue weighted by Crippen LogP contribution is 2.31. The van der Waals surface area contributed by atoms with Gasteiger partial charge in [-0.2, -0.15) is 11.8 Å². The van der Waals surface area contributed by atoms with E-state index in [9.17, 15) is 0 Å². The van der Waals surface area contributed by atoms with Gasteiger partial charge in [-0.3, -0.25) is 4.90 Å². The molecule has 1 aromatic rings. The van der Waals surface area contributed by atoms with Crippen molar-refractivity contribution in [1.82, 2.24) is 9.88 Å². The fourth-order valence-corrected chi connectivity index (χ4v) is 3.64. The first-order valence-corrected chi connectivity index (χ1v) is 7.37. The minimum Gasteiger partial charge on any atom is -0.297 e. The van der Waals surface area contributed by atoms with Crippen LogP contribution in [0, 0.1) is 0 Å². The zero-order chi connectivity index (χ0) is 12.5. The summed E-state index contributed by atoms with van der Waals surface area (Å²) < 4.78 is 0.324. The maximum Gasteiger partial charge on any atom is 0.130 e. The molecule has 0 bridgehead atoms. The molecule has 94 valence electrons. The summed E-state index contributed by atoms with van der Waals surface area (Å²) in [5.74, 6) is 1.17. The molecule has 0 aliphatic carbocycles. The molecule has 0 aromatic carbocycles. The van der Waals surface area contributed by atoms with E-state index in [1.54, 1.807) is 12.3 Å². The second kappa shape index (κ2) is 5.35. The molecule has 0 spiro atoms. The van der Waals surface area contributed by atoms with Gasteiger partial charge in [-0.1, -0.05) is 23.2 Å². The maximum atomic E-state index is 6.16. The van der Waals surface area contributed by atoms with Crippen molar-refractivity contribution in [2.75, 3.05) is 18.8 Å². The van der Waals surface area contributed by atoms with Crippen LogP contribution in [0.3, 0.4) is 0 Å². The molecule has 2 heterocycles. The molecule has 2 nitrogen and oxygen atoms in total. The third kappa shape index (κ3) is 3.75. The van der Waals surface area contributed by atoms with Crippen LogP contribution in [0.4, 0.5) is 0 Å². The molecule has 1 saturated heterocycles. The smallest absolute Gasteiger partial charge is 0.130 e. The minimum absolute atomic E-state index is 0.324. The first-order valence-electron chi connectivity index (χ1n) is 5.62. The van der Waals surface area contributed by atoms with Crippen molar-refractivity contribution >= 4 is 35.0 Å². The monoisotopic (exact) mass is 290 g/mol. The lowest BCUT2D eigenvalue weighted by Crippen LogP contribution is -2.42. The summed E-state index contributed by atoms with van der Waals surface area (Å²) >= 11 is 14.0. The summed E-state index contributed by atoms with van der Waals surface area (Å²) in [5, 5.41) is 1.16. The highest BCUT2D eigenvalue weighted by molar-refractivity contribution is 8.00. The molecule has 2 rings (SSSR count). The van der Waals surface area contributed by atoms with Gasteiger partial charge >= 0.3 is 0 Å². The van der Waals surface area contributed by atoms with Crippen LogP contribution in [0.25, 0.3) is 0 Å². The van der Waals surface area contributed by atoms with Crippen LogP contribution in [0.5, 0.6) is 0 Å². The van der Waals surface area contributed by atoms with E-state index in [-0.39, 0.29) is 0 Å². The highest BCUT2D eigenvalue weighted by atomic mass is 35.5. The number of rotatable bonds is 2. The molecule has 1 fully saturated rings. The number of thioether (sulfide) groups is 1. The topological polar surface area (TPSA) is 16.1 Å². The first kappa shape index (κ1) is 13.5. The largest absolute Gasteiger partial charge is 0.297 e. The second-order valence-corrected chi connectivity index (χ2v) is 7.51. The van der Waals surface area contributed by atoms with Gasteiger partial charge in [0.15, 0.2) is 0 Å². The van der Waals surface area contributed by atoms with E-state index < -0.39 is 0 Å². The molecular formula is C12H16Cl2N2S. The van der Waals surface area contributed by atoms with Crippen LogP contribution in [-0.4, -0.2) is 33.5 Å². The van der Waals surface area contributed by atoms with E-state index in [1.807, 2.05) is 11.8 Å². The third-order valence-corrected chi connectivity index (χ3v) is 4.65. The molecule has 0 amide bonds. The molecule has 1 aliphatic rings. The van der Waals surface area contributed by atoms with Gasteiger partial charge in [0.25, 0.3) is 0 Å². The lowest BCUT2D eigenvalue weighted by molar-refractivity contribution is 0.252. The van der Waals surface area contributed by atoms with Crippen molar-refractivity contribution < 1.29 is 0 Å². The van der Waals surface area contributed by atoms with Gasteiger partial charge in [-0.15, -0.1) is 0 Å². The first-order chi connectivity index (χ1) is 7.96. The van der Waals surface area contributed by atoms with Crippen LogP contribution in [0.2, 0.25) is 10.2 Å². The van der Waals surface area contributed by atoms with Crippen molar-refractivity contribution in [3.8, 4) is 0 Å². The van der Waals surface area contributed by atoms with Crippen molar-refractivity contribution in [1.29, 1.82) is 0 Å². The zero-order valence-electron chi connectivity index (χ0n) is 10.0. The number of aromatic nitrogens is 1. The summed E-state index contributed by atoms with van der Waals surface area (Å²) in [5.41, 5.74) is 1.05. The standard InChI is InChI=1S/C12H16Cl2N2S/c1-12(2)8-16(3-4-17-12)7-9-6-15-11(14)5-10(9)13/h5-6H,3-4,7-8H2,1-2H3. The van der Waals surface area contributed by atoms with Crippen LogP contribution in [-0.2, 0) is 6.54 Å². The maximum absolute atomic E-state index is 6.16. The Kier molecular flexibility index (Phi) is 4.24. The molecule has 5 heteroatoms. The SMILES string of the molecule is CC1(C)CN(Cc2cnc(Cl)cc2Cl)CCS1. The second-order valence-electron chi connectivity index (χ2n) is 4.92. The number of hydrogen-bond acceptors (Lipinski definition) is 3. The Morgan fingerprint density at radius 2 is 2.24 bits per heavy atom. The summed E-state index contributed by atoms with van der Waals surface area (Å²) in [7, 11) is 0. The molecule has 0 radical (unpaired) electrons. The van der Waals surface area contributed by atoms with Gasteiger partial charge in [-0.05, 0) is 19.9 Å². The van der Waals surface area contributed by atoms with Crippen LogP contribution < -0.4 is 0 Å². The van der Waals surface area contributed by atoms with Crippen LogP contribution in [0.15, 0.2) is 12.3 Å². The predicted octanol–water partition coefficient (Wildman–Crippen LogP) is 3.72. The van der Waals surface area contributed by atoms with Gasteiger partial charge in [0.1, 0.15) is 5.15 Å². The third-order valence-electron chi connectivity index (χ3n) is 2.79. The molecular weight excluding hydrogens is 275 g/mol. The van der Waals surface area contributed by atoms with E-state index >= 15 is 0 Å². The van der Waals surface area contributed by atoms with Crippen LogP contribution in [0.1, 0.15) is 19.4 Å². The van der Waals surface area contributed by atoms with Gasteiger partial charge in [0.05, 0.1) is 0 Å². The van der Waals surface area contributed by atoms with E-state index in [2.05, 4.69) is 23.7 Å². The molecule has 1 aromatic heterocycles. The van der Waals surface area contributed by atoms with Gasteiger partial charge in [0, 0.05) is 46.9 Å². The van der Waals surface area contributed by atoms with Crippen molar-refractivity contribution in [2.24, 2.45) is 0 Å². The normalized spacial score (nSPS) is 20.5. The molecule has 17 heavy (non-hydrogen) atoms. The number of nitrogens with zero attached hydrogens (tertiary/aromatic N) is 2. The highest BCUT2D eigenvalue weighted by Gasteiger charge is 2.27. The van der Waals surface area contributed by atoms with E-state index in [1.165, 1.54) is 5.75 Å². The summed E-state index contributed by atoms with van der Waals surface area (Å²) in [6, 6.07) is 1.71. The Bertz CT molecular complexity index is 409. The van der Waals surface area contributed by atoms with Crippen molar-refractivity contribution in [3.05, 3.63) is 28.0 Å². The van der Waals surface area contributed by atoms with E-state index in [0.29, 0.717) is 14.9 Å². The quantitative estimate of drug-likeness (QED) is 0.773. The Balaban J connectivity index is 2.05. The Morgan fingerprint density at radius 1 is 1.47 bits per heavy atom. The lowest BCUT2D eigenvalue weighted by Gasteiger charge is -2.37.